The number of carbonyl (C=O) groups excluding carboxylic acids is 1. The molecule has 0 bridgehead atoms. The third-order valence-corrected chi connectivity index (χ3v) is 21.5. The molecule has 2 aromatic carbocycles. The van der Waals surface area contributed by atoms with Crippen molar-refractivity contribution in [2.45, 2.75) is 161 Å². The number of nitrogens with one attached hydrogen (secondary N) is 1. The summed E-state index contributed by atoms with van der Waals surface area (Å²) in [4.78, 5) is 21.5. The molecule has 5 aromatic rings. The molecule has 3 heterocycles. The van der Waals surface area contributed by atoms with Gasteiger partial charge in [-0.15, -0.1) is 28.3 Å². The number of thiophene rings is 1. The Balaban J connectivity index is 0.539. The Morgan fingerprint density at radius 3 is 2.38 bits per heavy atom. The van der Waals surface area contributed by atoms with Crippen LogP contribution in [-0.2, 0) is 43.4 Å². The number of carbonyl (C=O) groups is 1. The zero-order valence-electron chi connectivity index (χ0n) is 50.6. The predicted octanol–water partition coefficient (Wildman–Crippen LogP) is 11.9. The monoisotopic (exact) mass is 1200 g/mol. The minimum Gasteiger partial charge on any atom is -0.475 e. The van der Waals surface area contributed by atoms with Gasteiger partial charge in [-0.2, -0.15) is 0 Å². The van der Waals surface area contributed by atoms with Crippen molar-refractivity contribution >= 4 is 38.9 Å². The number of aliphatic hydroxyl groups is 2. The largest absolute Gasteiger partial charge is 0.475 e. The average Bonchev–Trinajstić information content (AvgIpc) is 1.83. The molecule has 0 saturated heterocycles. The number of aliphatic hydroxyl groups excluding tert-OH is 1. The summed E-state index contributed by atoms with van der Waals surface area (Å²) in [6.07, 6.45) is 20.7. The summed E-state index contributed by atoms with van der Waals surface area (Å²) in [5.74, 6) is 9.45. The van der Waals surface area contributed by atoms with Gasteiger partial charge in [-0.05, 0) is 167 Å². The maximum atomic E-state index is 14.4. The van der Waals surface area contributed by atoms with Crippen LogP contribution in [0.4, 0.5) is 0 Å². The highest BCUT2D eigenvalue weighted by Crippen LogP contribution is 2.67. The SMILES string of the molecule is CNC1CCC(N(Cc2cccc(-c3ccnc(OCCOCCOCCOCCn4cc(COCCOCCC#CCCC(C)(O)C5CC[C@H]6[C@@H]7CC=C8C[C@@H](O)CC[C@]8(C)[C@H]7CC[C@]56C)nn4)c3)c2)C(=O)c2sc3ccccc3c2Cl)CC1. The van der Waals surface area contributed by atoms with E-state index in [1.165, 1.54) is 36.2 Å². The first-order chi connectivity index (χ1) is 41.3. The second-order valence-electron chi connectivity index (χ2n) is 25.2. The maximum Gasteiger partial charge on any atom is 0.266 e. The lowest BCUT2D eigenvalue weighted by atomic mass is 9.46. The Morgan fingerprint density at radius 2 is 1.58 bits per heavy atom. The van der Waals surface area contributed by atoms with Crippen molar-refractivity contribution < 1.29 is 43.4 Å². The number of fused-ring (bicyclic) bond motifs is 6. The van der Waals surface area contributed by atoms with E-state index < -0.39 is 5.60 Å². The molecular formula is C68H91ClN6O9S. The molecule has 0 aliphatic heterocycles. The number of nitrogens with zero attached hydrogens (tertiary/aromatic N) is 5. The minimum absolute atomic E-state index is 0.0104. The fraction of sp³-hybridized carbons (Fsp3) is 0.618. The molecule has 8 atom stereocenters. The van der Waals surface area contributed by atoms with Crippen LogP contribution >= 0.6 is 22.9 Å². The summed E-state index contributed by atoms with van der Waals surface area (Å²) >= 11 is 8.35. The number of hydrogen-bond acceptors (Lipinski definition) is 14. The molecule has 5 aliphatic carbocycles. The topological polar surface area (TPSA) is 172 Å². The van der Waals surface area contributed by atoms with E-state index in [9.17, 15) is 15.0 Å². The first-order valence-corrected chi connectivity index (χ1v) is 32.7. The molecule has 4 saturated carbocycles. The highest BCUT2D eigenvalue weighted by atomic mass is 35.5. The van der Waals surface area contributed by atoms with Gasteiger partial charge >= 0.3 is 0 Å². The molecule has 10 rings (SSSR count). The predicted molar refractivity (Wildman–Crippen MR) is 333 cm³/mol. The van der Waals surface area contributed by atoms with Crippen molar-refractivity contribution in [3.05, 3.63) is 106 Å². The van der Waals surface area contributed by atoms with Gasteiger partial charge < -0.3 is 48.9 Å². The fourth-order valence-electron chi connectivity index (χ4n) is 15.3. The maximum absolute atomic E-state index is 14.4. The second kappa shape index (κ2) is 30.0. The van der Waals surface area contributed by atoms with Crippen LogP contribution in [0.5, 0.6) is 5.88 Å². The quantitative estimate of drug-likeness (QED) is 0.0235. The highest BCUT2D eigenvalue weighted by Gasteiger charge is 2.61. The van der Waals surface area contributed by atoms with E-state index in [0.29, 0.717) is 151 Å². The van der Waals surface area contributed by atoms with Crippen molar-refractivity contribution in [1.29, 1.82) is 0 Å². The molecule has 1 amide bonds. The summed E-state index contributed by atoms with van der Waals surface area (Å²) in [5, 5.41) is 35.6. The second-order valence-corrected chi connectivity index (χ2v) is 26.6. The van der Waals surface area contributed by atoms with Gasteiger partial charge in [-0.1, -0.05) is 78.7 Å². The lowest BCUT2D eigenvalue weighted by Crippen LogP contribution is -2.53. The number of hydrogen-bond donors (Lipinski definition) is 3. The van der Waals surface area contributed by atoms with E-state index in [1.807, 2.05) is 60.6 Å². The highest BCUT2D eigenvalue weighted by molar-refractivity contribution is 7.21. The average molecular weight is 1200 g/mol. The Kier molecular flexibility index (Phi) is 22.3. The number of aromatic nitrogens is 4. The summed E-state index contributed by atoms with van der Waals surface area (Å²) in [7, 11) is 2.02. The van der Waals surface area contributed by atoms with Crippen LogP contribution in [0.2, 0.25) is 5.02 Å². The number of amides is 1. The summed E-state index contributed by atoms with van der Waals surface area (Å²) in [6.45, 7) is 12.9. The number of allylic oxidation sites excluding steroid dienone is 1. The van der Waals surface area contributed by atoms with Crippen LogP contribution in [0.1, 0.15) is 138 Å². The lowest BCUT2D eigenvalue weighted by molar-refractivity contribution is -0.104. The van der Waals surface area contributed by atoms with Crippen molar-refractivity contribution in [3.8, 4) is 28.8 Å². The normalized spacial score (nSPS) is 26.2. The van der Waals surface area contributed by atoms with Crippen LogP contribution < -0.4 is 10.1 Å². The molecule has 3 N–H and O–H groups in total. The smallest absolute Gasteiger partial charge is 0.266 e. The van der Waals surface area contributed by atoms with E-state index >= 15 is 0 Å². The van der Waals surface area contributed by atoms with E-state index in [2.05, 4.69) is 77.5 Å². The Morgan fingerprint density at radius 1 is 0.835 bits per heavy atom. The molecule has 15 nitrogen and oxygen atoms in total. The van der Waals surface area contributed by atoms with Crippen LogP contribution in [0.25, 0.3) is 21.2 Å². The number of pyridine rings is 1. The standard InChI is InChI=1S/C68H91ClN6O9S/c1-66-28-24-55(76)44-51(66)16-21-56-58-22-23-61(67(58,2)29-25-59(56)66)68(3,78)27-9-5-6-10-32-79-38-39-83-47-53-46-74(73-72-53)31-33-80-34-35-81-36-37-82-40-41-84-62-43-50(26-30-71-62)49-13-11-12-48(42-49)45-75(54-19-17-52(70-4)18-20-54)65(77)64-63(69)57-14-7-8-15-60(57)85-64/h7-8,11-16,26,30,42-43,46,52,54-56,58-59,61,70,76,78H,9-10,17-25,27-29,31-41,44-45,47H2,1-4H3/t52?,54?,55-,56-,58-,59-,61?,66-,67-,68?/m0/s1. The van der Waals surface area contributed by atoms with Crippen molar-refractivity contribution in [2.24, 2.45) is 34.5 Å². The van der Waals surface area contributed by atoms with Gasteiger partial charge in [0.25, 0.3) is 5.91 Å². The molecular weight excluding hydrogens is 1110 g/mol. The van der Waals surface area contributed by atoms with Crippen LogP contribution in [-0.4, -0.2) is 138 Å². The molecule has 460 valence electrons. The number of halogens is 1. The van der Waals surface area contributed by atoms with Gasteiger partial charge in [0.05, 0.1) is 95.5 Å². The Labute approximate surface area is 512 Å². The van der Waals surface area contributed by atoms with E-state index in [0.717, 1.165) is 90.3 Å². The molecule has 4 fully saturated rings. The zero-order valence-corrected chi connectivity index (χ0v) is 52.2. The van der Waals surface area contributed by atoms with E-state index in [4.69, 9.17) is 40.0 Å². The van der Waals surface area contributed by atoms with Gasteiger partial charge in [0.15, 0.2) is 0 Å². The van der Waals surface area contributed by atoms with E-state index in [1.54, 1.807) is 10.9 Å². The summed E-state index contributed by atoms with van der Waals surface area (Å²) in [6, 6.07) is 20.8. The first-order valence-electron chi connectivity index (χ1n) is 31.5. The molecule has 2 unspecified atom stereocenters. The molecule has 5 aliphatic rings. The summed E-state index contributed by atoms with van der Waals surface area (Å²) < 4.78 is 37.5. The number of benzene rings is 2. The van der Waals surface area contributed by atoms with Gasteiger partial charge in [-0.25, -0.2) is 9.67 Å². The molecule has 3 aromatic heterocycles. The first kappa shape index (κ1) is 63.3. The van der Waals surface area contributed by atoms with Crippen LogP contribution in [0, 0.1) is 46.3 Å². The van der Waals surface area contributed by atoms with Crippen molar-refractivity contribution in [1.82, 2.24) is 30.2 Å². The number of rotatable bonds is 29. The van der Waals surface area contributed by atoms with Gasteiger partial charge in [-0.3, -0.25) is 4.79 Å². The third-order valence-electron chi connectivity index (χ3n) is 19.9. The van der Waals surface area contributed by atoms with Crippen LogP contribution in [0.15, 0.2) is 84.7 Å². The minimum atomic E-state index is -0.727. The van der Waals surface area contributed by atoms with Gasteiger partial charge in [0.1, 0.15) is 17.2 Å². The molecule has 85 heavy (non-hydrogen) atoms. The lowest BCUT2D eigenvalue weighted by Gasteiger charge is -2.59. The van der Waals surface area contributed by atoms with Gasteiger partial charge in [0.2, 0.25) is 5.88 Å². The molecule has 0 radical (unpaired) electrons. The molecule has 17 heteroatoms. The third kappa shape index (κ3) is 15.7. The van der Waals surface area contributed by atoms with Crippen molar-refractivity contribution in [3.63, 3.8) is 0 Å². The van der Waals surface area contributed by atoms with Gasteiger partial charge in [0, 0.05) is 53.8 Å². The summed E-state index contributed by atoms with van der Waals surface area (Å²) in [5.41, 5.74) is 4.99. The van der Waals surface area contributed by atoms with Crippen molar-refractivity contribution in [2.75, 3.05) is 73.1 Å². The van der Waals surface area contributed by atoms with E-state index in [-0.39, 0.29) is 28.9 Å². The van der Waals surface area contributed by atoms with Crippen LogP contribution in [0.3, 0.4) is 0 Å². The molecule has 0 spiro atoms. The fourth-order valence-corrected chi connectivity index (χ4v) is 16.8. The number of ether oxygens (including phenoxy) is 6. The Hall–Kier alpha value is -4.77. The zero-order chi connectivity index (χ0) is 59.2. The Bertz CT molecular complexity index is 3060.